The first-order valence-corrected chi connectivity index (χ1v) is 19.1. The van der Waals surface area contributed by atoms with E-state index in [9.17, 15) is 4.79 Å². The lowest BCUT2D eigenvalue weighted by atomic mass is 9.75. The van der Waals surface area contributed by atoms with Gasteiger partial charge in [-0.1, -0.05) is 157 Å². The Bertz CT molecular complexity index is 833. The number of fused-ring (bicyclic) bond motifs is 2. The number of rotatable bonds is 22. The third-order valence-corrected chi connectivity index (χ3v) is 10.9. The molecule has 4 unspecified atom stereocenters. The molecule has 45 heavy (non-hydrogen) atoms. The molecule has 2 aliphatic heterocycles. The van der Waals surface area contributed by atoms with Gasteiger partial charge in [0.2, 0.25) is 0 Å². The van der Waals surface area contributed by atoms with Crippen LogP contribution < -0.4 is 0 Å². The van der Waals surface area contributed by atoms with Gasteiger partial charge in [0.25, 0.3) is 0 Å². The number of Topliss-reactive ketones (excluding diaryl/α,β-unsaturated/α-hetero) is 1. The van der Waals surface area contributed by atoms with Gasteiger partial charge < -0.3 is 14.2 Å². The van der Waals surface area contributed by atoms with Crippen molar-refractivity contribution in [1.29, 1.82) is 0 Å². The van der Waals surface area contributed by atoms with E-state index in [4.69, 9.17) is 14.2 Å². The minimum Gasteiger partial charge on any atom is -0.368 e. The number of carbonyl (C=O) groups excluding carboxylic acids is 1. The summed E-state index contributed by atoms with van der Waals surface area (Å²) in [6.45, 7) is 26.8. The monoisotopic (exact) mass is 633 g/mol. The fourth-order valence-electron chi connectivity index (χ4n) is 7.40. The third kappa shape index (κ3) is 11.4. The summed E-state index contributed by atoms with van der Waals surface area (Å²) in [5.74, 6) is 0.235. The van der Waals surface area contributed by atoms with Gasteiger partial charge in [-0.15, -0.1) is 0 Å². The summed E-state index contributed by atoms with van der Waals surface area (Å²) in [6, 6.07) is 0. The van der Waals surface area contributed by atoms with E-state index in [0.29, 0.717) is 12.8 Å². The molecule has 0 aromatic heterocycles. The maximum absolute atomic E-state index is 13.6. The smallest absolute Gasteiger partial charge is 0.139 e. The van der Waals surface area contributed by atoms with Crippen LogP contribution in [0.4, 0.5) is 0 Å². The summed E-state index contributed by atoms with van der Waals surface area (Å²) in [4.78, 5) is 13.6. The molecule has 0 aliphatic carbocycles. The van der Waals surface area contributed by atoms with Crippen molar-refractivity contribution in [3.8, 4) is 0 Å². The average molecular weight is 633 g/mol. The Hall–Kier alpha value is -0.710. The van der Waals surface area contributed by atoms with Crippen molar-refractivity contribution in [3.63, 3.8) is 0 Å². The minimum absolute atomic E-state index is 0.00742. The van der Waals surface area contributed by atoms with Crippen LogP contribution in [0.15, 0.2) is 12.2 Å². The van der Waals surface area contributed by atoms with E-state index in [2.05, 4.69) is 95.2 Å². The van der Waals surface area contributed by atoms with E-state index in [1.165, 1.54) is 89.9 Å². The van der Waals surface area contributed by atoms with Crippen molar-refractivity contribution in [2.45, 2.75) is 233 Å². The standard InChI is InChI=1S/C41H76O4/c1-13-15-17-19-21-23-25-27-34(36(3,4)5)43-38(9,10)40-29-30-41(45-40,32-33(42)31-40)39(11,12)44-35(37(6,7)8)28-26-24-22-20-18-16-14-2/h29-30,34-35H,13-28,31-32H2,1-12H3. The second-order valence-corrected chi connectivity index (χ2v) is 17.9. The predicted molar refractivity (Wildman–Crippen MR) is 192 cm³/mol. The summed E-state index contributed by atoms with van der Waals surface area (Å²) in [5, 5.41) is 0. The lowest BCUT2D eigenvalue weighted by Crippen LogP contribution is -2.64. The zero-order chi connectivity index (χ0) is 34.0. The van der Waals surface area contributed by atoms with Crippen LogP contribution in [0.1, 0.15) is 199 Å². The highest BCUT2D eigenvalue weighted by atomic mass is 16.6. The summed E-state index contributed by atoms with van der Waals surface area (Å²) in [6.07, 6.45) is 25.3. The van der Waals surface area contributed by atoms with Crippen molar-refractivity contribution in [2.75, 3.05) is 0 Å². The fraction of sp³-hybridized carbons (Fsp3) is 0.927. The van der Waals surface area contributed by atoms with Crippen molar-refractivity contribution < 1.29 is 19.0 Å². The fourth-order valence-corrected chi connectivity index (χ4v) is 7.40. The van der Waals surface area contributed by atoms with Gasteiger partial charge in [0.05, 0.1) is 23.4 Å². The van der Waals surface area contributed by atoms with Crippen molar-refractivity contribution in [2.24, 2.45) is 10.8 Å². The largest absolute Gasteiger partial charge is 0.368 e. The Kier molecular flexibility index (Phi) is 15.4. The molecule has 2 bridgehead atoms. The zero-order valence-electron chi connectivity index (χ0n) is 32.2. The maximum Gasteiger partial charge on any atom is 0.139 e. The molecule has 0 spiro atoms. The van der Waals surface area contributed by atoms with Crippen molar-refractivity contribution in [1.82, 2.24) is 0 Å². The van der Waals surface area contributed by atoms with Crippen LogP contribution in [0.2, 0.25) is 0 Å². The molecule has 1 saturated heterocycles. The van der Waals surface area contributed by atoms with E-state index in [-0.39, 0.29) is 28.8 Å². The van der Waals surface area contributed by atoms with E-state index >= 15 is 0 Å². The highest BCUT2D eigenvalue weighted by molar-refractivity contribution is 5.84. The molecule has 0 radical (unpaired) electrons. The second-order valence-electron chi connectivity index (χ2n) is 17.9. The van der Waals surface area contributed by atoms with Gasteiger partial charge in [-0.25, -0.2) is 0 Å². The van der Waals surface area contributed by atoms with Gasteiger partial charge in [-0.3, -0.25) is 4.79 Å². The Balaban J connectivity index is 2.15. The molecule has 0 aromatic carbocycles. The number of hydrogen-bond acceptors (Lipinski definition) is 4. The molecule has 4 nitrogen and oxygen atoms in total. The number of hydrogen-bond donors (Lipinski definition) is 0. The summed E-state index contributed by atoms with van der Waals surface area (Å²) in [7, 11) is 0. The van der Waals surface area contributed by atoms with E-state index < -0.39 is 22.4 Å². The Labute approximate surface area is 280 Å². The highest BCUT2D eigenvalue weighted by Gasteiger charge is 2.64. The Morgan fingerprint density at radius 1 is 0.578 bits per heavy atom. The van der Waals surface area contributed by atoms with Crippen LogP contribution >= 0.6 is 0 Å². The molecule has 0 aromatic rings. The first kappa shape index (κ1) is 40.5. The van der Waals surface area contributed by atoms with E-state index in [1.54, 1.807) is 0 Å². The van der Waals surface area contributed by atoms with Crippen LogP contribution in [0.25, 0.3) is 0 Å². The van der Waals surface area contributed by atoms with Gasteiger partial charge in [-0.05, 0) is 51.4 Å². The molecular formula is C41H76O4. The van der Waals surface area contributed by atoms with Crippen molar-refractivity contribution in [3.05, 3.63) is 12.2 Å². The molecule has 4 atom stereocenters. The molecule has 2 rings (SSSR count). The van der Waals surface area contributed by atoms with Crippen LogP contribution in [0.3, 0.4) is 0 Å². The lowest BCUT2D eigenvalue weighted by Gasteiger charge is -2.54. The molecule has 1 fully saturated rings. The zero-order valence-corrected chi connectivity index (χ0v) is 32.2. The number of carbonyl (C=O) groups is 1. The number of ketones is 1. The number of unbranched alkanes of at least 4 members (excludes halogenated alkanes) is 12. The van der Waals surface area contributed by atoms with Gasteiger partial charge >= 0.3 is 0 Å². The summed E-state index contributed by atoms with van der Waals surface area (Å²) in [5.41, 5.74) is -2.96. The molecule has 0 saturated carbocycles. The molecule has 0 amide bonds. The van der Waals surface area contributed by atoms with E-state index in [1.807, 2.05) is 0 Å². The van der Waals surface area contributed by atoms with Crippen LogP contribution in [-0.4, -0.2) is 40.4 Å². The SMILES string of the molecule is CCCCCCCCCC(OC(C)(C)C12C=CC(C(C)(C)OC(CCCCCCCCC)C(C)(C)C)(CC(=O)C1)O2)C(C)(C)C. The topological polar surface area (TPSA) is 44.8 Å². The molecule has 0 N–H and O–H groups in total. The number of ether oxygens (including phenoxy) is 3. The highest BCUT2D eigenvalue weighted by Crippen LogP contribution is 2.54. The van der Waals surface area contributed by atoms with Gasteiger partial charge in [0.15, 0.2) is 0 Å². The van der Waals surface area contributed by atoms with Crippen LogP contribution in [0, 0.1) is 10.8 Å². The first-order valence-electron chi connectivity index (χ1n) is 19.1. The normalized spacial score (nSPS) is 24.0. The van der Waals surface area contributed by atoms with Crippen molar-refractivity contribution >= 4 is 5.78 Å². The van der Waals surface area contributed by atoms with E-state index in [0.717, 1.165) is 12.8 Å². The Morgan fingerprint density at radius 3 is 1.20 bits per heavy atom. The van der Waals surface area contributed by atoms with Crippen LogP contribution in [0.5, 0.6) is 0 Å². The summed E-state index contributed by atoms with van der Waals surface area (Å²) >= 11 is 0. The van der Waals surface area contributed by atoms with Gasteiger partial charge in [0.1, 0.15) is 17.0 Å². The second kappa shape index (κ2) is 17.1. The lowest BCUT2D eigenvalue weighted by molar-refractivity contribution is -0.282. The minimum atomic E-state index is -0.803. The first-order chi connectivity index (χ1) is 20.8. The molecule has 2 aliphatic rings. The Morgan fingerprint density at radius 2 is 0.889 bits per heavy atom. The summed E-state index contributed by atoms with van der Waals surface area (Å²) < 4.78 is 21.3. The molecule has 264 valence electrons. The van der Waals surface area contributed by atoms with Gasteiger partial charge in [0, 0.05) is 12.8 Å². The molecule has 4 heteroatoms. The van der Waals surface area contributed by atoms with Gasteiger partial charge in [-0.2, -0.15) is 0 Å². The molecular weight excluding hydrogens is 556 g/mol. The third-order valence-electron chi connectivity index (χ3n) is 10.9. The maximum atomic E-state index is 13.6. The quantitative estimate of drug-likeness (QED) is 0.0880. The average Bonchev–Trinajstić information content (AvgIpc) is 3.23. The predicted octanol–water partition coefficient (Wildman–Crippen LogP) is 12.1. The van der Waals surface area contributed by atoms with Crippen LogP contribution in [-0.2, 0) is 19.0 Å². The molecule has 2 heterocycles.